The van der Waals surface area contributed by atoms with Crippen molar-refractivity contribution in [3.8, 4) is 0 Å². The lowest BCUT2D eigenvalue weighted by Crippen LogP contribution is -2.45. The lowest BCUT2D eigenvalue weighted by molar-refractivity contribution is -0.118. The first-order chi connectivity index (χ1) is 4.77. The molecule has 1 amide bonds. The Labute approximate surface area is 60.4 Å². The van der Waals surface area contributed by atoms with Crippen molar-refractivity contribution in [2.75, 3.05) is 0 Å². The van der Waals surface area contributed by atoms with Crippen LogP contribution in [0.3, 0.4) is 0 Å². The second-order valence-electron chi connectivity index (χ2n) is 2.85. The summed E-state index contributed by atoms with van der Waals surface area (Å²) in [5.74, 6) is 0. The van der Waals surface area contributed by atoms with E-state index >= 15 is 0 Å². The van der Waals surface area contributed by atoms with Crippen LogP contribution in [0.5, 0.6) is 0 Å². The predicted molar refractivity (Wildman–Crippen MR) is 37.2 cm³/mol. The monoisotopic (exact) mass is 143 g/mol. The van der Waals surface area contributed by atoms with Crippen molar-refractivity contribution < 1.29 is 9.90 Å². The first-order valence-corrected chi connectivity index (χ1v) is 3.71. The van der Waals surface area contributed by atoms with Gasteiger partial charge in [-0.3, -0.25) is 4.79 Å². The Bertz CT molecular complexity index is 119. The minimum Gasteiger partial charge on any atom is -0.371 e. The van der Waals surface area contributed by atoms with Gasteiger partial charge in [-0.15, -0.1) is 0 Å². The third-order valence-electron chi connectivity index (χ3n) is 2.01. The van der Waals surface area contributed by atoms with Crippen molar-refractivity contribution in [2.45, 2.75) is 37.8 Å². The van der Waals surface area contributed by atoms with E-state index in [1.807, 2.05) is 0 Å². The first kappa shape index (κ1) is 7.54. The minimum absolute atomic E-state index is 0.575. The molecule has 0 aromatic heterocycles. The second-order valence-corrected chi connectivity index (χ2v) is 2.85. The Morgan fingerprint density at radius 3 is 2.40 bits per heavy atom. The van der Waals surface area contributed by atoms with Crippen molar-refractivity contribution >= 4 is 6.41 Å². The van der Waals surface area contributed by atoms with Gasteiger partial charge in [0.15, 0.2) is 0 Å². The van der Waals surface area contributed by atoms with E-state index in [4.69, 9.17) is 0 Å². The lowest BCUT2D eigenvalue weighted by atomic mass is 9.92. The van der Waals surface area contributed by atoms with Gasteiger partial charge in [-0.05, 0) is 25.7 Å². The van der Waals surface area contributed by atoms with Gasteiger partial charge >= 0.3 is 0 Å². The summed E-state index contributed by atoms with van der Waals surface area (Å²) in [7, 11) is 0. The van der Waals surface area contributed by atoms with Crippen molar-refractivity contribution in [1.82, 2.24) is 5.32 Å². The molecule has 1 aliphatic rings. The molecule has 2 N–H and O–H groups in total. The van der Waals surface area contributed by atoms with E-state index in [1.165, 1.54) is 6.42 Å². The summed E-state index contributed by atoms with van der Waals surface area (Å²) in [6, 6.07) is 0. The van der Waals surface area contributed by atoms with Crippen LogP contribution in [-0.2, 0) is 4.79 Å². The van der Waals surface area contributed by atoms with Crippen LogP contribution in [0.25, 0.3) is 0 Å². The number of hydrogen-bond donors (Lipinski definition) is 2. The number of rotatable bonds is 2. The fourth-order valence-corrected chi connectivity index (χ4v) is 1.39. The molecule has 0 unspecified atom stereocenters. The van der Waals surface area contributed by atoms with Gasteiger partial charge in [0, 0.05) is 0 Å². The van der Waals surface area contributed by atoms with Crippen LogP contribution < -0.4 is 5.32 Å². The lowest BCUT2D eigenvalue weighted by Gasteiger charge is -2.30. The Morgan fingerprint density at radius 2 is 1.90 bits per heavy atom. The molecule has 1 fully saturated rings. The number of hydrogen-bond acceptors (Lipinski definition) is 2. The van der Waals surface area contributed by atoms with Crippen molar-refractivity contribution in [2.24, 2.45) is 0 Å². The number of nitrogens with one attached hydrogen (secondary N) is 1. The first-order valence-electron chi connectivity index (χ1n) is 3.71. The van der Waals surface area contributed by atoms with Gasteiger partial charge in [0.25, 0.3) is 0 Å². The topological polar surface area (TPSA) is 49.3 Å². The Hall–Kier alpha value is -0.570. The van der Waals surface area contributed by atoms with E-state index in [0.717, 1.165) is 12.8 Å². The standard InChI is InChI=1S/C7H13NO2/c9-6-8-7(10)4-2-1-3-5-7/h6,10H,1-5H2,(H,8,9). The van der Waals surface area contributed by atoms with Crippen LogP contribution in [0.1, 0.15) is 32.1 Å². The predicted octanol–water partition coefficient (Wildman–Crippen LogP) is 0.385. The number of carbonyl (C=O) groups excluding carboxylic acids is 1. The average molecular weight is 143 g/mol. The molecule has 0 spiro atoms. The summed E-state index contributed by atoms with van der Waals surface area (Å²) in [5, 5.41) is 12.0. The molecule has 58 valence electrons. The van der Waals surface area contributed by atoms with E-state index in [2.05, 4.69) is 5.32 Å². The van der Waals surface area contributed by atoms with Crippen LogP contribution in [0.4, 0.5) is 0 Å². The van der Waals surface area contributed by atoms with Crippen LogP contribution in [-0.4, -0.2) is 17.2 Å². The van der Waals surface area contributed by atoms with E-state index in [1.54, 1.807) is 0 Å². The highest BCUT2D eigenvalue weighted by Gasteiger charge is 2.27. The third kappa shape index (κ3) is 1.70. The second kappa shape index (κ2) is 3.01. The Morgan fingerprint density at radius 1 is 1.30 bits per heavy atom. The molecular weight excluding hydrogens is 130 g/mol. The van der Waals surface area contributed by atoms with Gasteiger partial charge in [-0.1, -0.05) is 6.42 Å². The number of aliphatic hydroxyl groups is 1. The van der Waals surface area contributed by atoms with Gasteiger partial charge in [0.2, 0.25) is 6.41 Å². The summed E-state index contributed by atoms with van der Waals surface area (Å²) in [4.78, 5) is 10.0. The molecule has 0 aliphatic heterocycles. The SMILES string of the molecule is O=CNC1(O)CCCCC1. The van der Waals surface area contributed by atoms with Gasteiger partial charge in [-0.25, -0.2) is 0 Å². The highest BCUT2D eigenvalue weighted by Crippen LogP contribution is 2.24. The van der Waals surface area contributed by atoms with Crippen LogP contribution in [0, 0.1) is 0 Å². The third-order valence-corrected chi connectivity index (χ3v) is 2.01. The molecular formula is C7H13NO2. The quantitative estimate of drug-likeness (QED) is 0.434. The fraction of sp³-hybridized carbons (Fsp3) is 0.857. The molecule has 0 bridgehead atoms. The number of carbonyl (C=O) groups is 1. The molecule has 0 saturated heterocycles. The molecule has 1 rings (SSSR count). The van der Waals surface area contributed by atoms with E-state index in [0.29, 0.717) is 19.3 Å². The normalized spacial score (nSPS) is 23.7. The molecule has 3 heteroatoms. The maximum Gasteiger partial charge on any atom is 0.209 e. The highest BCUT2D eigenvalue weighted by atomic mass is 16.3. The van der Waals surface area contributed by atoms with E-state index < -0.39 is 5.72 Å². The van der Waals surface area contributed by atoms with Gasteiger partial charge in [0.05, 0.1) is 0 Å². The molecule has 0 atom stereocenters. The molecule has 0 aromatic carbocycles. The van der Waals surface area contributed by atoms with Crippen LogP contribution in [0.2, 0.25) is 0 Å². The van der Waals surface area contributed by atoms with Gasteiger partial charge in [0.1, 0.15) is 5.72 Å². The maximum atomic E-state index is 10.0. The summed E-state index contributed by atoms with van der Waals surface area (Å²) in [6.07, 6.45) is 5.17. The zero-order valence-electron chi connectivity index (χ0n) is 5.97. The molecule has 10 heavy (non-hydrogen) atoms. The van der Waals surface area contributed by atoms with Gasteiger partial charge in [-0.2, -0.15) is 0 Å². The molecule has 1 aliphatic carbocycles. The maximum absolute atomic E-state index is 10.0. The summed E-state index contributed by atoms with van der Waals surface area (Å²) in [5.41, 5.74) is -0.889. The molecule has 3 nitrogen and oxygen atoms in total. The number of amides is 1. The van der Waals surface area contributed by atoms with Gasteiger partial charge < -0.3 is 10.4 Å². The average Bonchev–Trinajstić information content (AvgIpc) is 1.89. The smallest absolute Gasteiger partial charge is 0.209 e. The zero-order valence-corrected chi connectivity index (χ0v) is 5.97. The van der Waals surface area contributed by atoms with Crippen molar-refractivity contribution in [1.29, 1.82) is 0 Å². The molecule has 0 heterocycles. The fourth-order valence-electron chi connectivity index (χ4n) is 1.39. The molecule has 0 radical (unpaired) electrons. The van der Waals surface area contributed by atoms with Crippen LogP contribution >= 0.6 is 0 Å². The summed E-state index contributed by atoms with van der Waals surface area (Å²) >= 11 is 0. The highest BCUT2D eigenvalue weighted by molar-refractivity contribution is 5.47. The molecule has 1 saturated carbocycles. The largest absolute Gasteiger partial charge is 0.371 e. The van der Waals surface area contributed by atoms with Crippen molar-refractivity contribution in [3.63, 3.8) is 0 Å². The Balaban J connectivity index is 2.39. The minimum atomic E-state index is -0.889. The summed E-state index contributed by atoms with van der Waals surface area (Å²) in [6.45, 7) is 0. The van der Waals surface area contributed by atoms with Crippen LogP contribution in [0.15, 0.2) is 0 Å². The van der Waals surface area contributed by atoms with E-state index in [9.17, 15) is 9.90 Å². The molecule has 0 aromatic rings. The van der Waals surface area contributed by atoms with Crippen molar-refractivity contribution in [3.05, 3.63) is 0 Å². The zero-order chi connectivity index (χ0) is 7.45. The summed E-state index contributed by atoms with van der Waals surface area (Å²) < 4.78 is 0. The Kier molecular flexibility index (Phi) is 2.27. The van der Waals surface area contributed by atoms with E-state index in [-0.39, 0.29) is 0 Å².